The number of ether oxygens (including phenoxy) is 2. The molecule has 0 aromatic heterocycles. The van der Waals surface area contributed by atoms with Gasteiger partial charge in [0.15, 0.2) is 6.29 Å². The molecule has 0 radical (unpaired) electrons. The van der Waals surface area contributed by atoms with Crippen molar-refractivity contribution in [2.75, 3.05) is 13.2 Å². The Morgan fingerprint density at radius 3 is 1.20 bits per heavy atom. The zero-order chi connectivity index (χ0) is 50.8. The molecule has 0 spiro atoms. The molecule has 412 valence electrons. The van der Waals surface area contributed by atoms with Crippen molar-refractivity contribution in [3.05, 3.63) is 36.5 Å². The topological polar surface area (TPSA) is 149 Å². The van der Waals surface area contributed by atoms with E-state index in [2.05, 4.69) is 43.5 Å². The average Bonchev–Trinajstić information content (AvgIpc) is 3.36. The van der Waals surface area contributed by atoms with Crippen molar-refractivity contribution in [2.45, 2.75) is 333 Å². The van der Waals surface area contributed by atoms with Crippen LogP contribution in [-0.4, -0.2) is 87.5 Å². The number of unbranched alkanes of at least 4 members (excludes halogenated alkanes) is 38. The van der Waals surface area contributed by atoms with E-state index in [0.717, 1.165) is 51.4 Å². The molecule has 1 rings (SSSR count). The van der Waals surface area contributed by atoms with Gasteiger partial charge in [0.05, 0.1) is 25.4 Å². The van der Waals surface area contributed by atoms with Crippen LogP contribution in [0, 0.1) is 0 Å². The molecule has 1 aliphatic rings. The molecule has 1 fully saturated rings. The third-order valence-corrected chi connectivity index (χ3v) is 14.4. The first-order valence-electron chi connectivity index (χ1n) is 30.2. The molecule has 0 saturated carbocycles. The van der Waals surface area contributed by atoms with Crippen molar-refractivity contribution >= 4 is 5.91 Å². The number of carbonyl (C=O) groups is 1. The predicted octanol–water partition coefficient (Wildman–Crippen LogP) is 15.1. The second-order valence-electron chi connectivity index (χ2n) is 21.1. The normalized spacial score (nSPS) is 19.6. The van der Waals surface area contributed by atoms with Gasteiger partial charge in [-0.05, 0) is 44.9 Å². The Hall–Kier alpha value is -1.59. The van der Waals surface area contributed by atoms with E-state index in [1.165, 1.54) is 218 Å². The van der Waals surface area contributed by atoms with Gasteiger partial charge in [0.25, 0.3) is 0 Å². The van der Waals surface area contributed by atoms with Gasteiger partial charge in [-0.3, -0.25) is 4.79 Å². The van der Waals surface area contributed by atoms with Crippen LogP contribution < -0.4 is 5.32 Å². The summed E-state index contributed by atoms with van der Waals surface area (Å²) in [5.74, 6) is -0.186. The summed E-state index contributed by atoms with van der Waals surface area (Å²) >= 11 is 0. The number of nitrogens with one attached hydrogen (secondary N) is 1. The molecule has 0 aromatic rings. The van der Waals surface area contributed by atoms with E-state index in [4.69, 9.17) is 9.47 Å². The molecule has 70 heavy (non-hydrogen) atoms. The summed E-state index contributed by atoms with van der Waals surface area (Å²) in [6, 6.07) is -0.826. The van der Waals surface area contributed by atoms with Crippen molar-refractivity contribution in [3.8, 4) is 0 Å². The van der Waals surface area contributed by atoms with E-state index in [0.29, 0.717) is 6.42 Å². The highest BCUT2D eigenvalue weighted by Crippen LogP contribution is 2.23. The van der Waals surface area contributed by atoms with Crippen LogP contribution in [-0.2, 0) is 14.3 Å². The van der Waals surface area contributed by atoms with E-state index < -0.39 is 49.5 Å². The van der Waals surface area contributed by atoms with Gasteiger partial charge in [-0.15, -0.1) is 0 Å². The van der Waals surface area contributed by atoms with E-state index in [9.17, 15) is 30.3 Å². The maximum atomic E-state index is 13.0. The van der Waals surface area contributed by atoms with Gasteiger partial charge in [0, 0.05) is 6.42 Å². The lowest BCUT2D eigenvalue weighted by Gasteiger charge is -2.40. The lowest BCUT2D eigenvalue weighted by atomic mass is 9.99. The average molecular weight is 991 g/mol. The highest BCUT2D eigenvalue weighted by molar-refractivity contribution is 5.76. The van der Waals surface area contributed by atoms with Crippen molar-refractivity contribution in [1.29, 1.82) is 0 Å². The van der Waals surface area contributed by atoms with E-state index in [-0.39, 0.29) is 12.5 Å². The maximum Gasteiger partial charge on any atom is 0.220 e. The number of hydrogen-bond donors (Lipinski definition) is 6. The maximum absolute atomic E-state index is 13.0. The summed E-state index contributed by atoms with van der Waals surface area (Å²) in [4.78, 5) is 13.0. The third kappa shape index (κ3) is 39.9. The van der Waals surface area contributed by atoms with Crippen LogP contribution >= 0.6 is 0 Å². The van der Waals surface area contributed by atoms with Crippen molar-refractivity contribution in [3.63, 3.8) is 0 Å². The summed E-state index contributed by atoms with van der Waals surface area (Å²) in [6.07, 6.45) is 59.5. The minimum absolute atomic E-state index is 0.186. The van der Waals surface area contributed by atoms with Crippen molar-refractivity contribution in [1.82, 2.24) is 5.32 Å². The number of aliphatic hydroxyl groups is 5. The molecule has 1 saturated heterocycles. The van der Waals surface area contributed by atoms with Gasteiger partial charge in [-0.2, -0.15) is 0 Å². The minimum Gasteiger partial charge on any atom is -0.394 e. The molecule has 0 bridgehead atoms. The molecule has 9 heteroatoms. The molecule has 1 aliphatic heterocycles. The zero-order valence-corrected chi connectivity index (χ0v) is 45.8. The first-order valence-corrected chi connectivity index (χ1v) is 30.2. The largest absolute Gasteiger partial charge is 0.394 e. The number of carbonyl (C=O) groups excluding carboxylic acids is 1. The van der Waals surface area contributed by atoms with Gasteiger partial charge in [0.1, 0.15) is 24.4 Å². The van der Waals surface area contributed by atoms with Gasteiger partial charge in [0.2, 0.25) is 5.91 Å². The molecule has 6 N–H and O–H groups in total. The van der Waals surface area contributed by atoms with E-state index in [1.54, 1.807) is 6.08 Å². The fourth-order valence-corrected chi connectivity index (χ4v) is 9.66. The summed E-state index contributed by atoms with van der Waals surface area (Å²) in [7, 11) is 0. The van der Waals surface area contributed by atoms with Gasteiger partial charge >= 0.3 is 0 Å². The molecule has 0 aliphatic carbocycles. The molecule has 9 nitrogen and oxygen atoms in total. The van der Waals surface area contributed by atoms with Crippen molar-refractivity contribution in [2.24, 2.45) is 0 Å². The van der Waals surface area contributed by atoms with E-state index >= 15 is 0 Å². The minimum atomic E-state index is -1.57. The van der Waals surface area contributed by atoms with Crippen LogP contribution in [0.3, 0.4) is 0 Å². The summed E-state index contributed by atoms with van der Waals surface area (Å²) in [5, 5.41) is 54.4. The summed E-state index contributed by atoms with van der Waals surface area (Å²) in [5.41, 5.74) is 0. The first-order chi connectivity index (χ1) is 34.3. The Balaban J connectivity index is 2.13. The van der Waals surface area contributed by atoms with E-state index in [1.807, 2.05) is 6.08 Å². The van der Waals surface area contributed by atoms with Crippen LogP contribution in [0.1, 0.15) is 290 Å². The van der Waals surface area contributed by atoms with Crippen LogP contribution in [0.4, 0.5) is 0 Å². The van der Waals surface area contributed by atoms with Crippen LogP contribution in [0.2, 0.25) is 0 Å². The predicted molar refractivity (Wildman–Crippen MR) is 295 cm³/mol. The van der Waals surface area contributed by atoms with Crippen molar-refractivity contribution < 1.29 is 39.8 Å². The standard InChI is InChI=1S/C61H115NO8/c1-3-5-7-9-11-13-15-17-19-20-21-22-23-24-25-26-27-28-29-30-31-32-33-34-35-37-39-41-43-45-47-49-51-57(65)62-54(53-69-61-60(68)59(67)58(66)56(52-63)70-61)55(64)50-48-46-44-42-40-38-36-18-16-14-12-10-8-6-4-2/h16,18,40,42,48,50,54-56,58-61,63-64,66-68H,3-15,17,19-39,41,43-47,49,51-53H2,1-2H3,(H,62,65)/b18-16+,42-40+,50-48+. The smallest absolute Gasteiger partial charge is 0.220 e. The quantitative estimate of drug-likeness (QED) is 0.0261. The number of hydrogen-bond acceptors (Lipinski definition) is 8. The molecular weight excluding hydrogens is 875 g/mol. The molecule has 0 aromatic carbocycles. The Bertz CT molecular complexity index is 1190. The summed E-state index contributed by atoms with van der Waals surface area (Å²) in [6.45, 7) is 3.77. The second kappa shape index (κ2) is 50.9. The Morgan fingerprint density at radius 1 is 0.471 bits per heavy atom. The van der Waals surface area contributed by atoms with Crippen LogP contribution in [0.15, 0.2) is 36.5 Å². The Kier molecular flexibility index (Phi) is 48.3. The lowest BCUT2D eigenvalue weighted by molar-refractivity contribution is -0.302. The van der Waals surface area contributed by atoms with Crippen LogP contribution in [0.25, 0.3) is 0 Å². The molecular formula is C61H115NO8. The van der Waals surface area contributed by atoms with Crippen LogP contribution in [0.5, 0.6) is 0 Å². The Morgan fingerprint density at radius 2 is 0.814 bits per heavy atom. The summed E-state index contributed by atoms with van der Waals surface area (Å²) < 4.78 is 11.2. The molecule has 1 heterocycles. The third-order valence-electron chi connectivity index (χ3n) is 14.4. The number of rotatable bonds is 52. The fourth-order valence-electron chi connectivity index (χ4n) is 9.66. The fraction of sp³-hybridized carbons (Fsp3) is 0.885. The second-order valence-corrected chi connectivity index (χ2v) is 21.1. The zero-order valence-electron chi connectivity index (χ0n) is 45.8. The monoisotopic (exact) mass is 990 g/mol. The number of amides is 1. The van der Waals surface area contributed by atoms with Gasteiger partial charge < -0.3 is 40.3 Å². The highest BCUT2D eigenvalue weighted by Gasteiger charge is 2.44. The first kappa shape index (κ1) is 66.4. The molecule has 7 unspecified atom stereocenters. The van der Waals surface area contributed by atoms with Gasteiger partial charge in [-0.1, -0.05) is 275 Å². The lowest BCUT2D eigenvalue weighted by Crippen LogP contribution is -2.60. The molecule has 1 amide bonds. The SMILES string of the molecule is CCCCCCC/C=C/CC/C=C/CC/C=C/C(O)C(COC1OC(CO)C(O)C(O)C1O)NC(=O)CCCCCCCCCCCCCCCCCCCCCCCCCCCCCCCCCC. The van der Waals surface area contributed by atoms with Gasteiger partial charge in [-0.25, -0.2) is 0 Å². The highest BCUT2D eigenvalue weighted by atomic mass is 16.7. The number of allylic oxidation sites excluding steroid dienone is 5. The molecule has 7 atom stereocenters. The Labute approximate surface area is 431 Å². The number of aliphatic hydroxyl groups excluding tert-OH is 5.